The first-order valence-corrected chi connectivity index (χ1v) is 5.69. The summed E-state index contributed by atoms with van der Waals surface area (Å²) in [5.41, 5.74) is 3.00. The fraction of sp³-hybridized carbons (Fsp3) is 0.538. The highest BCUT2D eigenvalue weighted by atomic mass is 15.1. The van der Waals surface area contributed by atoms with Crippen LogP contribution in [0.2, 0.25) is 0 Å². The lowest BCUT2D eigenvalue weighted by atomic mass is 10.0. The van der Waals surface area contributed by atoms with E-state index in [0.29, 0.717) is 0 Å². The minimum absolute atomic E-state index is 0.281. The predicted molar refractivity (Wildman–Crippen MR) is 63.9 cm³/mol. The maximum atomic E-state index is 3.64. The molecular weight excluding hydrogens is 184 g/mol. The molecule has 1 atom stereocenters. The lowest BCUT2D eigenvalue weighted by Crippen LogP contribution is -2.43. The van der Waals surface area contributed by atoms with Crippen LogP contribution in [0.1, 0.15) is 24.5 Å². The molecule has 1 aliphatic rings. The van der Waals surface area contributed by atoms with Gasteiger partial charge in [-0.1, -0.05) is 29.8 Å². The number of aryl methyl sites for hydroxylation is 1. The first-order valence-electron chi connectivity index (χ1n) is 5.69. The highest BCUT2D eigenvalue weighted by Crippen LogP contribution is 2.14. The average molecular weight is 204 g/mol. The first kappa shape index (κ1) is 10.7. The summed E-state index contributed by atoms with van der Waals surface area (Å²) in [4.78, 5) is 0. The molecule has 1 heterocycles. The number of rotatable bonds is 3. The average Bonchev–Trinajstić information content (AvgIpc) is 2.63. The van der Waals surface area contributed by atoms with Gasteiger partial charge in [0, 0.05) is 18.6 Å². The Kier molecular flexibility index (Phi) is 3.08. The minimum Gasteiger partial charge on any atom is -0.315 e. The molecule has 82 valence electrons. The Bertz CT molecular complexity index is 327. The third kappa shape index (κ3) is 2.80. The normalized spacial score (nSPS) is 25.7. The second-order valence-electron chi connectivity index (χ2n) is 4.83. The molecule has 1 saturated heterocycles. The third-order valence-corrected chi connectivity index (χ3v) is 3.17. The van der Waals surface area contributed by atoms with E-state index in [1.807, 2.05) is 0 Å². The Hall–Kier alpha value is -0.860. The van der Waals surface area contributed by atoms with Gasteiger partial charge in [-0.15, -0.1) is 0 Å². The minimum atomic E-state index is 0.281. The van der Waals surface area contributed by atoms with Crippen molar-refractivity contribution >= 4 is 0 Å². The maximum absolute atomic E-state index is 3.64. The zero-order chi connectivity index (χ0) is 10.7. The van der Waals surface area contributed by atoms with Gasteiger partial charge in [0.25, 0.3) is 0 Å². The summed E-state index contributed by atoms with van der Waals surface area (Å²) < 4.78 is 0. The first-order chi connectivity index (χ1) is 7.18. The highest BCUT2D eigenvalue weighted by molar-refractivity contribution is 5.22. The Morgan fingerprint density at radius 3 is 3.00 bits per heavy atom. The van der Waals surface area contributed by atoms with E-state index in [-0.39, 0.29) is 5.54 Å². The van der Waals surface area contributed by atoms with Gasteiger partial charge in [0.05, 0.1) is 0 Å². The molecule has 1 unspecified atom stereocenters. The van der Waals surface area contributed by atoms with E-state index < -0.39 is 0 Å². The molecule has 15 heavy (non-hydrogen) atoms. The fourth-order valence-corrected chi connectivity index (χ4v) is 2.11. The standard InChI is InChI=1S/C13H20N2/c1-11-4-3-5-12(8-11)9-15-13(2)6-7-14-10-13/h3-5,8,14-15H,6-7,9-10H2,1-2H3. The molecule has 0 spiro atoms. The van der Waals surface area contributed by atoms with E-state index in [1.54, 1.807) is 0 Å². The van der Waals surface area contributed by atoms with Crippen molar-refractivity contribution in [1.29, 1.82) is 0 Å². The molecule has 2 heteroatoms. The molecule has 2 nitrogen and oxygen atoms in total. The van der Waals surface area contributed by atoms with E-state index in [4.69, 9.17) is 0 Å². The number of hydrogen-bond acceptors (Lipinski definition) is 2. The molecule has 1 fully saturated rings. The Morgan fingerprint density at radius 1 is 1.47 bits per heavy atom. The van der Waals surface area contributed by atoms with Crippen molar-refractivity contribution in [3.05, 3.63) is 35.4 Å². The van der Waals surface area contributed by atoms with E-state index in [9.17, 15) is 0 Å². The van der Waals surface area contributed by atoms with Gasteiger partial charge in [0.15, 0.2) is 0 Å². The van der Waals surface area contributed by atoms with E-state index in [0.717, 1.165) is 19.6 Å². The van der Waals surface area contributed by atoms with Gasteiger partial charge < -0.3 is 10.6 Å². The molecule has 2 rings (SSSR count). The van der Waals surface area contributed by atoms with Gasteiger partial charge in [-0.3, -0.25) is 0 Å². The molecule has 1 aliphatic heterocycles. The van der Waals surface area contributed by atoms with Gasteiger partial charge in [0.1, 0.15) is 0 Å². The fourth-order valence-electron chi connectivity index (χ4n) is 2.11. The summed E-state index contributed by atoms with van der Waals surface area (Å²) >= 11 is 0. The molecule has 2 N–H and O–H groups in total. The molecule has 0 bridgehead atoms. The lowest BCUT2D eigenvalue weighted by molar-refractivity contribution is 0.385. The molecule has 0 aromatic heterocycles. The summed E-state index contributed by atoms with van der Waals surface area (Å²) in [7, 11) is 0. The molecule has 0 saturated carbocycles. The van der Waals surface area contributed by atoms with Crippen LogP contribution in [0.4, 0.5) is 0 Å². The van der Waals surface area contributed by atoms with Gasteiger partial charge >= 0.3 is 0 Å². The van der Waals surface area contributed by atoms with Crippen LogP contribution < -0.4 is 10.6 Å². The van der Waals surface area contributed by atoms with Crippen LogP contribution in [0, 0.1) is 6.92 Å². The number of nitrogens with one attached hydrogen (secondary N) is 2. The second kappa shape index (κ2) is 4.33. The van der Waals surface area contributed by atoms with Crippen molar-refractivity contribution in [2.24, 2.45) is 0 Å². The van der Waals surface area contributed by atoms with Crippen LogP contribution in [-0.2, 0) is 6.54 Å². The third-order valence-electron chi connectivity index (χ3n) is 3.17. The zero-order valence-electron chi connectivity index (χ0n) is 9.64. The zero-order valence-corrected chi connectivity index (χ0v) is 9.64. The van der Waals surface area contributed by atoms with Crippen LogP contribution in [0.15, 0.2) is 24.3 Å². The topological polar surface area (TPSA) is 24.1 Å². The monoisotopic (exact) mass is 204 g/mol. The molecule has 0 aliphatic carbocycles. The summed E-state index contributed by atoms with van der Waals surface area (Å²) in [6.45, 7) is 7.63. The van der Waals surface area contributed by atoms with Crippen LogP contribution >= 0.6 is 0 Å². The van der Waals surface area contributed by atoms with Crippen LogP contribution in [0.5, 0.6) is 0 Å². The van der Waals surface area contributed by atoms with E-state index in [2.05, 4.69) is 48.7 Å². The van der Waals surface area contributed by atoms with Gasteiger partial charge in [-0.25, -0.2) is 0 Å². The number of benzene rings is 1. The number of hydrogen-bond donors (Lipinski definition) is 2. The van der Waals surface area contributed by atoms with Crippen molar-refractivity contribution in [2.75, 3.05) is 13.1 Å². The van der Waals surface area contributed by atoms with Crippen molar-refractivity contribution in [1.82, 2.24) is 10.6 Å². The van der Waals surface area contributed by atoms with Crippen molar-refractivity contribution in [3.63, 3.8) is 0 Å². The summed E-state index contributed by atoms with van der Waals surface area (Å²) in [6, 6.07) is 8.70. The molecule has 1 aromatic rings. The van der Waals surface area contributed by atoms with E-state index in [1.165, 1.54) is 17.5 Å². The Balaban J connectivity index is 1.92. The van der Waals surface area contributed by atoms with Crippen molar-refractivity contribution in [2.45, 2.75) is 32.4 Å². The Labute approximate surface area is 92.1 Å². The van der Waals surface area contributed by atoms with Gasteiger partial charge in [-0.05, 0) is 32.4 Å². The largest absolute Gasteiger partial charge is 0.315 e. The lowest BCUT2D eigenvalue weighted by Gasteiger charge is -2.24. The van der Waals surface area contributed by atoms with Crippen molar-refractivity contribution < 1.29 is 0 Å². The maximum Gasteiger partial charge on any atom is 0.0293 e. The van der Waals surface area contributed by atoms with E-state index >= 15 is 0 Å². The quantitative estimate of drug-likeness (QED) is 0.785. The summed E-state index contributed by atoms with van der Waals surface area (Å²) in [6.07, 6.45) is 1.22. The SMILES string of the molecule is Cc1cccc(CNC2(C)CCNC2)c1. The predicted octanol–water partition coefficient (Wildman–Crippen LogP) is 1.84. The molecule has 0 amide bonds. The molecule has 1 aromatic carbocycles. The molecule has 0 radical (unpaired) electrons. The van der Waals surface area contributed by atoms with Crippen LogP contribution in [0.25, 0.3) is 0 Å². The smallest absolute Gasteiger partial charge is 0.0293 e. The summed E-state index contributed by atoms with van der Waals surface area (Å²) in [5.74, 6) is 0. The van der Waals surface area contributed by atoms with Crippen molar-refractivity contribution in [3.8, 4) is 0 Å². The highest BCUT2D eigenvalue weighted by Gasteiger charge is 2.27. The Morgan fingerprint density at radius 2 is 2.33 bits per heavy atom. The van der Waals surface area contributed by atoms with Crippen LogP contribution in [0.3, 0.4) is 0 Å². The van der Waals surface area contributed by atoms with Gasteiger partial charge in [0.2, 0.25) is 0 Å². The summed E-state index contributed by atoms with van der Waals surface area (Å²) in [5, 5.41) is 7.04. The van der Waals surface area contributed by atoms with Gasteiger partial charge in [-0.2, -0.15) is 0 Å². The second-order valence-corrected chi connectivity index (χ2v) is 4.83. The van der Waals surface area contributed by atoms with Crippen LogP contribution in [-0.4, -0.2) is 18.6 Å². The molecular formula is C13H20N2.